The average Bonchev–Trinajstić information content (AvgIpc) is 3.08. The Morgan fingerprint density at radius 1 is 1.29 bits per heavy atom. The summed E-state index contributed by atoms with van der Waals surface area (Å²) in [6.45, 7) is 7.80. The first-order valence-corrected chi connectivity index (χ1v) is 8.62. The molecule has 0 fully saturated rings. The van der Waals surface area contributed by atoms with Crippen molar-refractivity contribution < 1.29 is 18.7 Å². The van der Waals surface area contributed by atoms with E-state index in [0.717, 1.165) is 16.2 Å². The number of anilines is 1. The van der Waals surface area contributed by atoms with Crippen molar-refractivity contribution in [2.45, 2.75) is 34.1 Å². The minimum absolute atomic E-state index is 0.294. The van der Waals surface area contributed by atoms with E-state index in [9.17, 15) is 9.59 Å². The molecule has 6 heteroatoms. The number of ether oxygens (including phenoxy) is 1. The highest BCUT2D eigenvalue weighted by molar-refractivity contribution is 7.16. The molecule has 128 valence electrons. The van der Waals surface area contributed by atoms with Gasteiger partial charge in [-0.2, -0.15) is 0 Å². The Bertz CT molecular complexity index is 770. The van der Waals surface area contributed by atoms with Gasteiger partial charge in [0, 0.05) is 11.0 Å². The smallest absolute Gasteiger partial charge is 0.341 e. The molecule has 2 rings (SSSR count). The van der Waals surface area contributed by atoms with Crippen molar-refractivity contribution in [3.8, 4) is 0 Å². The molecule has 0 atom stereocenters. The minimum atomic E-state index is -0.403. The van der Waals surface area contributed by atoms with Crippen LogP contribution in [-0.2, 0) is 16.0 Å². The Morgan fingerprint density at radius 2 is 2.04 bits per heavy atom. The third-order valence-electron chi connectivity index (χ3n) is 3.44. The van der Waals surface area contributed by atoms with Crippen LogP contribution in [0.4, 0.5) is 5.00 Å². The number of nitrogens with one attached hydrogen (secondary N) is 1. The van der Waals surface area contributed by atoms with E-state index in [1.165, 1.54) is 17.4 Å². The average molecular weight is 347 g/mol. The number of hydrogen-bond acceptors (Lipinski definition) is 5. The third kappa shape index (κ3) is 4.14. The number of rotatable bonds is 6. The van der Waals surface area contributed by atoms with Gasteiger partial charge in [0.05, 0.1) is 12.2 Å². The molecule has 0 saturated heterocycles. The van der Waals surface area contributed by atoms with Crippen molar-refractivity contribution in [2.75, 3.05) is 11.9 Å². The largest absolute Gasteiger partial charge is 0.462 e. The van der Waals surface area contributed by atoms with Gasteiger partial charge in [0.2, 0.25) is 5.91 Å². The number of carbonyl (C=O) groups excluding carboxylic acids is 2. The van der Waals surface area contributed by atoms with E-state index in [2.05, 4.69) is 5.32 Å². The lowest BCUT2D eigenvalue weighted by Crippen LogP contribution is -2.13. The monoisotopic (exact) mass is 347 g/mol. The highest BCUT2D eigenvalue weighted by Gasteiger charge is 2.22. The van der Waals surface area contributed by atoms with E-state index >= 15 is 0 Å². The second-order valence-corrected chi connectivity index (χ2v) is 6.41. The highest BCUT2D eigenvalue weighted by Crippen LogP contribution is 2.34. The number of aryl methyl sites for hydroxylation is 2. The SMILES string of the molecule is CCOC(=O)c1c(NC(=O)/C=C/c2ccc(C)o2)sc(C)c1CC. The van der Waals surface area contributed by atoms with Crippen LogP contribution in [0.3, 0.4) is 0 Å². The molecule has 24 heavy (non-hydrogen) atoms. The van der Waals surface area contributed by atoms with Crippen LogP contribution < -0.4 is 5.32 Å². The van der Waals surface area contributed by atoms with Crippen LogP contribution in [0.1, 0.15) is 46.2 Å². The molecule has 0 saturated carbocycles. The summed E-state index contributed by atoms with van der Waals surface area (Å²) in [5.74, 6) is 0.657. The summed E-state index contributed by atoms with van der Waals surface area (Å²) in [7, 11) is 0. The molecule has 2 heterocycles. The van der Waals surface area contributed by atoms with Gasteiger partial charge in [0.15, 0.2) is 0 Å². The first-order valence-electron chi connectivity index (χ1n) is 7.81. The van der Waals surface area contributed by atoms with Crippen molar-refractivity contribution in [1.82, 2.24) is 0 Å². The summed E-state index contributed by atoms with van der Waals surface area (Å²) >= 11 is 1.38. The van der Waals surface area contributed by atoms with Gasteiger partial charge >= 0.3 is 5.97 Å². The molecule has 1 amide bonds. The van der Waals surface area contributed by atoms with E-state index in [1.807, 2.05) is 26.8 Å². The van der Waals surface area contributed by atoms with Crippen LogP contribution in [0.25, 0.3) is 6.08 Å². The van der Waals surface area contributed by atoms with Crippen molar-refractivity contribution >= 4 is 34.3 Å². The van der Waals surface area contributed by atoms with Crippen LogP contribution >= 0.6 is 11.3 Å². The van der Waals surface area contributed by atoms with Gasteiger partial charge in [-0.1, -0.05) is 6.92 Å². The van der Waals surface area contributed by atoms with Crippen molar-refractivity contribution in [2.24, 2.45) is 0 Å². The van der Waals surface area contributed by atoms with Crippen LogP contribution in [0.5, 0.6) is 0 Å². The molecular weight excluding hydrogens is 326 g/mol. The lowest BCUT2D eigenvalue weighted by molar-refractivity contribution is -0.111. The van der Waals surface area contributed by atoms with E-state index in [0.29, 0.717) is 29.4 Å². The van der Waals surface area contributed by atoms with E-state index in [-0.39, 0.29) is 5.91 Å². The van der Waals surface area contributed by atoms with Gasteiger partial charge in [0.25, 0.3) is 0 Å². The van der Waals surface area contributed by atoms with Gasteiger partial charge < -0.3 is 14.5 Å². The lowest BCUT2D eigenvalue weighted by atomic mass is 10.1. The van der Waals surface area contributed by atoms with Crippen molar-refractivity contribution in [3.05, 3.63) is 45.7 Å². The highest BCUT2D eigenvalue weighted by atomic mass is 32.1. The molecular formula is C18H21NO4S. The Balaban J connectivity index is 2.20. The Labute approximate surface area is 145 Å². The molecule has 2 aromatic heterocycles. The van der Waals surface area contributed by atoms with Gasteiger partial charge in [-0.25, -0.2) is 4.79 Å². The molecule has 5 nitrogen and oxygen atoms in total. The first kappa shape index (κ1) is 18.0. The van der Waals surface area contributed by atoms with Gasteiger partial charge in [0.1, 0.15) is 16.5 Å². The van der Waals surface area contributed by atoms with Crippen molar-refractivity contribution in [3.63, 3.8) is 0 Å². The number of amides is 1. The van der Waals surface area contributed by atoms with Crippen LogP contribution in [-0.4, -0.2) is 18.5 Å². The van der Waals surface area contributed by atoms with Gasteiger partial charge in [-0.3, -0.25) is 4.79 Å². The number of hydrogen-bond donors (Lipinski definition) is 1. The Hall–Kier alpha value is -2.34. The fourth-order valence-electron chi connectivity index (χ4n) is 2.37. The molecule has 0 radical (unpaired) electrons. The maximum Gasteiger partial charge on any atom is 0.341 e. The van der Waals surface area contributed by atoms with Crippen LogP contribution in [0, 0.1) is 13.8 Å². The van der Waals surface area contributed by atoms with Crippen molar-refractivity contribution in [1.29, 1.82) is 0 Å². The zero-order chi connectivity index (χ0) is 17.7. The second-order valence-electron chi connectivity index (χ2n) is 5.19. The molecule has 1 N–H and O–H groups in total. The standard InChI is InChI=1S/C18H21NO4S/c1-5-14-12(4)24-17(16(14)18(21)22-6-2)19-15(20)10-9-13-8-7-11(3)23-13/h7-10H,5-6H2,1-4H3,(H,19,20)/b10-9+. The lowest BCUT2D eigenvalue weighted by Gasteiger charge is -2.06. The summed E-state index contributed by atoms with van der Waals surface area (Å²) in [6.07, 6.45) is 3.68. The fourth-order valence-corrected chi connectivity index (χ4v) is 3.50. The maximum atomic E-state index is 12.2. The van der Waals surface area contributed by atoms with E-state index < -0.39 is 5.97 Å². The van der Waals surface area contributed by atoms with Crippen LogP contribution in [0.15, 0.2) is 22.6 Å². The minimum Gasteiger partial charge on any atom is -0.462 e. The van der Waals surface area contributed by atoms with Crippen LogP contribution in [0.2, 0.25) is 0 Å². The normalized spacial score (nSPS) is 11.0. The summed E-state index contributed by atoms with van der Waals surface area (Å²) in [5, 5.41) is 3.29. The van der Waals surface area contributed by atoms with Gasteiger partial charge in [-0.15, -0.1) is 11.3 Å². The summed E-state index contributed by atoms with van der Waals surface area (Å²) in [5.41, 5.74) is 1.37. The second kappa shape index (κ2) is 7.97. The van der Waals surface area contributed by atoms with Gasteiger partial charge in [-0.05, 0) is 51.0 Å². The molecule has 0 unspecified atom stereocenters. The predicted octanol–water partition coefficient (Wildman–Crippen LogP) is 4.35. The Kier molecular flexibility index (Phi) is 5.98. The molecule has 0 aromatic carbocycles. The summed E-state index contributed by atoms with van der Waals surface area (Å²) < 4.78 is 10.5. The topological polar surface area (TPSA) is 68.5 Å². The number of esters is 1. The third-order valence-corrected chi connectivity index (χ3v) is 4.50. The molecule has 0 aliphatic rings. The molecule has 0 aliphatic heterocycles. The van der Waals surface area contributed by atoms with E-state index in [4.69, 9.17) is 9.15 Å². The maximum absolute atomic E-state index is 12.2. The molecule has 0 spiro atoms. The molecule has 0 aliphatic carbocycles. The first-order chi connectivity index (χ1) is 11.5. The summed E-state index contributed by atoms with van der Waals surface area (Å²) in [6, 6.07) is 3.61. The quantitative estimate of drug-likeness (QED) is 0.623. The number of carbonyl (C=O) groups is 2. The molecule has 0 bridgehead atoms. The summed E-state index contributed by atoms with van der Waals surface area (Å²) in [4.78, 5) is 25.4. The number of thiophene rings is 1. The molecule has 2 aromatic rings. The Morgan fingerprint density at radius 3 is 2.62 bits per heavy atom. The zero-order valence-electron chi connectivity index (χ0n) is 14.3. The zero-order valence-corrected chi connectivity index (χ0v) is 15.1. The van der Waals surface area contributed by atoms with E-state index in [1.54, 1.807) is 19.1 Å². The number of furan rings is 1. The fraction of sp³-hybridized carbons (Fsp3) is 0.333. The predicted molar refractivity (Wildman–Crippen MR) is 95.5 cm³/mol.